The summed E-state index contributed by atoms with van der Waals surface area (Å²) in [6, 6.07) is 8.11. The average molecular weight is 390 g/mol. The molecule has 1 aromatic rings. The van der Waals surface area contributed by atoms with Crippen LogP contribution in [0.5, 0.6) is 0 Å². The molecule has 0 radical (unpaired) electrons. The number of carbonyl (C=O) groups is 3. The highest BCUT2D eigenvalue weighted by Crippen LogP contribution is 2.09. The summed E-state index contributed by atoms with van der Waals surface area (Å²) < 4.78 is 10.1. The lowest BCUT2D eigenvalue weighted by Crippen LogP contribution is -2.50. The maximum absolute atomic E-state index is 12.7. The first kappa shape index (κ1) is 23.2. The van der Waals surface area contributed by atoms with Crippen molar-refractivity contribution in [2.24, 2.45) is 0 Å². The summed E-state index contributed by atoms with van der Waals surface area (Å²) in [5.74, 6) is -0.855. The normalized spacial score (nSPS) is 13.5. The standard InChI is InChI=1S/C21H30N2O5/c1-6-27-18(24)13-12-15(2)22-19(25)17(14-16-10-8-7-9-11-16)23-20(26)28-21(3,4)5/h7-13,15,17H,6,14H2,1-5H3,(H,22,25)(H,23,26)/b13-12+/t15-,17-/m0/s1. The molecule has 1 aromatic carbocycles. The number of benzene rings is 1. The third-order valence-corrected chi connectivity index (χ3v) is 3.47. The van der Waals surface area contributed by atoms with Crippen molar-refractivity contribution in [3.05, 3.63) is 48.0 Å². The number of alkyl carbamates (subject to hydrolysis) is 1. The van der Waals surface area contributed by atoms with Gasteiger partial charge in [-0.1, -0.05) is 36.4 Å². The van der Waals surface area contributed by atoms with Crippen LogP contribution >= 0.6 is 0 Å². The molecule has 0 bridgehead atoms. The van der Waals surface area contributed by atoms with Crippen molar-refractivity contribution in [2.45, 2.75) is 58.7 Å². The molecule has 0 aromatic heterocycles. The van der Waals surface area contributed by atoms with Gasteiger partial charge in [0.15, 0.2) is 0 Å². The van der Waals surface area contributed by atoms with Crippen molar-refractivity contribution >= 4 is 18.0 Å². The molecule has 0 aliphatic heterocycles. The van der Waals surface area contributed by atoms with E-state index in [1.54, 1.807) is 34.6 Å². The van der Waals surface area contributed by atoms with Crippen LogP contribution in [0.15, 0.2) is 42.5 Å². The van der Waals surface area contributed by atoms with Crippen molar-refractivity contribution in [3.63, 3.8) is 0 Å². The molecular weight excluding hydrogens is 360 g/mol. The fourth-order valence-corrected chi connectivity index (χ4v) is 2.30. The largest absolute Gasteiger partial charge is 0.463 e. The fourth-order valence-electron chi connectivity index (χ4n) is 2.30. The van der Waals surface area contributed by atoms with Crippen LogP contribution in [0.1, 0.15) is 40.2 Å². The van der Waals surface area contributed by atoms with Crippen LogP contribution in [0.3, 0.4) is 0 Å². The number of rotatable bonds is 8. The predicted molar refractivity (Wildman–Crippen MR) is 107 cm³/mol. The smallest absolute Gasteiger partial charge is 0.408 e. The van der Waals surface area contributed by atoms with Crippen molar-refractivity contribution < 1.29 is 23.9 Å². The van der Waals surface area contributed by atoms with Gasteiger partial charge in [-0.2, -0.15) is 0 Å². The first-order valence-corrected chi connectivity index (χ1v) is 9.29. The van der Waals surface area contributed by atoms with E-state index in [-0.39, 0.29) is 12.5 Å². The predicted octanol–water partition coefficient (Wildman–Crippen LogP) is 2.75. The van der Waals surface area contributed by atoms with Crippen LogP contribution in [0.4, 0.5) is 4.79 Å². The van der Waals surface area contributed by atoms with E-state index in [1.807, 2.05) is 30.3 Å². The Bertz CT molecular complexity index is 680. The Hall–Kier alpha value is -2.83. The molecule has 1 rings (SSSR count). The van der Waals surface area contributed by atoms with Gasteiger partial charge in [-0.3, -0.25) is 4.79 Å². The highest BCUT2D eigenvalue weighted by Gasteiger charge is 2.25. The summed E-state index contributed by atoms with van der Waals surface area (Å²) in [5.41, 5.74) is 0.224. The molecule has 0 heterocycles. The molecule has 154 valence electrons. The van der Waals surface area contributed by atoms with Gasteiger partial charge in [0.05, 0.1) is 6.61 Å². The number of ether oxygens (including phenoxy) is 2. The van der Waals surface area contributed by atoms with Crippen molar-refractivity contribution in [2.75, 3.05) is 6.61 Å². The Kier molecular flexibility index (Phi) is 9.21. The van der Waals surface area contributed by atoms with E-state index in [9.17, 15) is 14.4 Å². The summed E-state index contributed by atoms with van der Waals surface area (Å²) in [6.07, 6.45) is 2.43. The zero-order chi connectivity index (χ0) is 21.2. The lowest BCUT2D eigenvalue weighted by atomic mass is 10.1. The second-order valence-corrected chi connectivity index (χ2v) is 7.30. The minimum atomic E-state index is -0.823. The van der Waals surface area contributed by atoms with Gasteiger partial charge in [-0.25, -0.2) is 9.59 Å². The lowest BCUT2D eigenvalue weighted by Gasteiger charge is -2.24. The van der Waals surface area contributed by atoms with Gasteiger partial charge in [-0.15, -0.1) is 0 Å². The molecule has 0 saturated carbocycles. The lowest BCUT2D eigenvalue weighted by molar-refractivity contribution is -0.137. The van der Waals surface area contributed by atoms with Crippen LogP contribution in [0, 0.1) is 0 Å². The zero-order valence-electron chi connectivity index (χ0n) is 17.2. The summed E-state index contributed by atoms with van der Waals surface area (Å²) in [4.78, 5) is 36.2. The number of amides is 2. The summed E-state index contributed by atoms with van der Waals surface area (Å²) >= 11 is 0. The van der Waals surface area contributed by atoms with Crippen LogP contribution in [0.2, 0.25) is 0 Å². The Labute approximate surface area is 166 Å². The molecule has 0 aliphatic rings. The molecule has 0 unspecified atom stereocenters. The SMILES string of the molecule is CCOC(=O)/C=C/[C@H](C)NC(=O)[C@H](Cc1ccccc1)NC(=O)OC(C)(C)C. The number of carbonyl (C=O) groups excluding carboxylic acids is 3. The highest BCUT2D eigenvalue weighted by atomic mass is 16.6. The van der Waals surface area contributed by atoms with E-state index in [0.717, 1.165) is 5.56 Å². The summed E-state index contributed by atoms with van der Waals surface area (Å²) in [7, 11) is 0. The molecule has 0 aliphatic carbocycles. The molecule has 0 saturated heterocycles. The monoisotopic (exact) mass is 390 g/mol. The van der Waals surface area contributed by atoms with Crippen molar-refractivity contribution in [3.8, 4) is 0 Å². The maximum atomic E-state index is 12.7. The molecule has 2 N–H and O–H groups in total. The first-order chi connectivity index (χ1) is 13.1. The highest BCUT2D eigenvalue weighted by molar-refractivity contribution is 5.86. The van der Waals surface area contributed by atoms with E-state index in [0.29, 0.717) is 6.42 Å². The number of hydrogen-bond donors (Lipinski definition) is 2. The summed E-state index contributed by atoms with van der Waals surface area (Å²) in [6.45, 7) is 8.97. The fraction of sp³-hybridized carbons (Fsp3) is 0.476. The second kappa shape index (κ2) is 11.1. The minimum absolute atomic E-state index is 0.281. The van der Waals surface area contributed by atoms with Gasteiger partial charge in [0.1, 0.15) is 11.6 Å². The number of nitrogens with one attached hydrogen (secondary N) is 2. The molecule has 7 heteroatoms. The third kappa shape index (κ3) is 9.75. The van der Waals surface area contributed by atoms with E-state index in [2.05, 4.69) is 10.6 Å². The minimum Gasteiger partial charge on any atom is -0.463 e. The number of esters is 1. The van der Waals surface area contributed by atoms with Gasteiger partial charge in [0.2, 0.25) is 5.91 Å². The van der Waals surface area contributed by atoms with Crippen LogP contribution < -0.4 is 10.6 Å². The maximum Gasteiger partial charge on any atom is 0.408 e. The second-order valence-electron chi connectivity index (χ2n) is 7.30. The van der Waals surface area contributed by atoms with E-state index in [1.165, 1.54) is 12.2 Å². The average Bonchev–Trinajstić information content (AvgIpc) is 2.59. The van der Waals surface area contributed by atoms with E-state index in [4.69, 9.17) is 9.47 Å². The van der Waals surface area contributed by atoms with Crippen LogP contribution in [0.25, 0.3) is 0 Å². The van der Waals surface area contributed by atoms with Crippen molar-refractivity contribution in [1.29, 1.82) is 0 Å². The Morgan fingerprint density at radius 3 is 2.32 bits per heavy atom. The molecule has 7 nitrogen and oxygen atoms in total. The van der Waals surface area contributed by atoms with Gasteiger partial charge in [0, 0.05) is 18.5 Å². The van der Waals surface area contributed by atoms with Gasteiger partial charge in [-0.05, 0) is 40.2 Å². The topological polar surface area (TPSA) is 93.7 Å². The van der Waals surface area contributed by atoms with Gasteiger partial charge in [0.25, 0.3) is 0 Å². The van der Waals surface area contributed by atoms with E-state index < -0.39 is 29.7 Å². The number of hydrogen-bond acceptors (Lipinski definition) is 5. The van der Waals surface area contributed by atoms with Gasteiger partial charge >= 0.3 is 12.1 Å². The third-order valence-electron chi connectivity index (χ3n) is 3.47. The van der Waals surface area contributed by atoms with Crippen molar-refractivity contribution in [1.82, 2.24) is 10.6 Å². The molecule has 2 atom stereocenters. The van der Waals surface area contributed by atoms with Crippen LogP contribution in [-0.4, -0.2) is 42.3 Å². The molecule has 0 fully saturated rings. The Morgan fingerprint density at radius 2 is 1.75 bits per heavy atom. The molecule has 28 heavy (non-hydrogen) atoms. The van der Waals surface area contributed by atoms with Crippen LogP contribution in [-0.2, 0) is 25.5 Å². The molecule has 0 spiro atoms. The van der Waals surface area contributed by atoms with Gasteiger partial charge < -0.3 is 20.1 Å². The summed E-state index contributed by atoms with van der Waals surface area (Å²) in [5, 5.41) is 5.39. The molecule has 2 amide bonds. The zero-order valence-corrected chi connectivity index (χ0v) is 17.2. The Morgan fingerprint density at radius 1 is 1.11 bits per heavy atom. The first-order valence-electron chi connectivity index (χ1n) is 9.29. The quantitative estimate of drug-likeness (QED) is 0.526. The van der Waals surface area contributed by atoms with E-state index >= 15 is 0 Å². The molecular formula is C21H30N2O5. The Balaban J connectivity index is 2.80.